The number of nitrogens with zero attached hydrogens (tertiary/aromatic N) is 5. The van der Waals surface area contributed by atoms with Crippen LogP contribution in [0.2, 0.25) is 0 Å². The topological polar surface area (TPSA) is 75.4 Å². The van der Waals surface area contributed by atoms with E-state index in [2.05, 4.69) is 20.0 Å². The van der Waals surface area contributed by atoms with Gasteiger partial charge < -0.3 is 9.42 Å². The lowest BCUT2D eigenvalue weighted by Crippen LogP contribution is -2.50. The van der Waals surface area contributed by atoms with Crippen molar-refractivity contribution in [2.45, 2.75) is 5.92 Å². The molecule has 7 nitrogen and oxygen atoms in total. The highest BCUT2D eigenvalue weighted by Gasteiger charge is 2.34. The Kier molecular flexibility index (Phi) is 4.45. The van der Waals surface area contributed by atoms with E-state index in [1.165, 1.54) is 0 Å². The second-order valence-corrected chi connectivity index (χ2v) is 6.38. The molecule has 1 aliphatic heterocycles. The van der Waals surface area contributed by atoms with Gasteiger partial charge in [0.15, 0.2) is 0 Å². The van der Waals surface area contributed by atoms with Crippen LogP contribution in [0, 0.1) is 0 Å². The maximum atomic E-state index is 12.4. The van der Waals surface area contributed by atoms with Crippen molar-refractivity contribution in [3.63, 3.8) is 0 Å². The number of benzene rings is 1. The number of carbonyl (C=O) groups is 1. The second-order valence-electron chi connectivity index (χ2n) is 6.38. The Labute approximate surface area is 151 Å². The van der Waals surface area contributed by atoms with Crippen LogP contribution in [0.5, 0.6) is 0 Å². The molecule has 0 aliphatic carbocycles. The van der Waals surface area contributed by atoms with Crippen molar-refractivity contribution in [2.24, 2.45) is 0 Å². The summed E-state index contributed by atoms with van der Waals surface area (Å²) in [4.78, 5) is 24.7. The Balaban J connectivity index is 1.32. The molecule has 2 aromatic heterocycles. The van der Waals surface area contributed by atoms with Crippen molar-refractivity contribution in [1.29, 1.82) is 0 Å². The third-order valence-corrected chi connectivity index (χ3v) is 4.54. The van der Waals surface area contributed by atoms with Crippen molar-refractivity contribution in [3.05, 3.63) is 60.7 Å². The second kappa shape index (κ2) is 7.05. The lowest BCUT2D eigenvalue weighted by molar-refractivity contribution is -0.120. The largest absolute Gasteiger partial charge is 0.339 e. The number of anilines is 1. The van der Waals surface area contributed by atoms with E-state index in [1.54, 1.807) is 24.3 Å². The third kappa shape index (κ3) is 3.34. The summed E-state index contributed by atoms with van der Waals surface area (Å²) in [6, 6.07) is 13.4. The van der Waals surface area contributed by atoms with Crippen molar-refractivity contribution >= 4 is 11.6 Å². The number of para-hydroxylation sites is 1. The van der Waals surface area contributed by atoms with Gasteiger partial charge in [-0.05, 0) is 24.3 Å². The monoisotopic (exact) mass is 349 g/mol. The van der Waals surface area contributed by atoms with Crippen LogP contribution in [-0.2, 0) is 4.79 Å². The average molecular weight is 349 g/mol. The zero-order valence-corrected chi connectivity index (χ0v) is 14.4. The Hall–Kier alpha value is -3.06. The molecule has 0 radical (unpaired) electrons. The minimum absolute atomic E-state index is 0.0660. The number of likely N-dealkylation sites (tertiary alicyclic amines) is 1. The van der Waals surface area contributed by atoms with Crippen molar-refractivity contribution in [1.82, 2.24) is 20.0 Å². The number of pyridine rings is 1. The maximum absolute atomic E-state index is 12.4. The molecule has 0 atom stereocenters. The molecule has 1 amide bonds. The van der Waals surface area contributed by atoms with Gasteiger partial charge in [0.1, 0.15) is 0 Å². The zero-order valence-electron chi connectivity index (χ0n) is 14.4. The van der Waals surface area contributed by atoms with E-state index in [0.29, 0.717) is 18.3 Å². The summed E-state index contributed by atoms with van der Waals surface area (Å²) in [6.45, 7) is 1.86. The minimum Gasteiger partial charge on any atom is -0.339 e. The lowest BCUT2D eigenvalue weighted by atomic mass is 10.0. The Morgan fingerprint density at radius 3 is 2.77 bits per heavy atom. The van der Waals surface area contributed by atoms with Crippen LogP contribution in [0.3, 0.4) is 0 Å². The molecule has 1 aromatic carbocycles. The summed E-state index contributed by atoms with van der Waals surface area (Å²) < 4.78 is 5.38. The highest BCUT2D eigenvalue weighted by atomic mass is 16.5. The molecule has 0 unspecified atom stereocenters. The first kappa shape index (κ1) is 16.4. The van der Waals surface area contributed by atoms with Crippen molar-refractivity contribution < 1.29 is 9.32 Å². The van der Waals surface area contributed by atoms with Gasteiger partial charge >= 0.3 is 0 Å². The summed E-state index contributed by atoms with van der Waals surface area (Å²) in [5.41, 5.74) is 1.73. The number of hydrogen-bond acceptors (Lipinski definition) is 6. The number of aromatic nitrogens is 3. The molecule has 26 heavy (non-hydrogen) atoms. The van der Waals surface area contributed by atoms with Crippen LogP contribution in [0.4, 0.5) is 5.69 Å². The predicted molar refractivity (Wildman–Crippen MR) is 96.6 cm³/mol. The summed E-state index contributed by atoms with van der Waals surface area (Å²) >= 11 is 0. The van der Waals surface area contributed by atoms with Crippen LogP contribution in [-0.4, -0.2) is 52.6 Å². The van der Waals surface area contributed by atoms with Gasteiger partial charge in [0.25, 0.3) is 0 Å². The molecule has 0 saturated carbocycles. The fourth-order valence-corrected chi connectivity index (χ4v) is 2.96. The molecule has 0 spiro atoms. The first-order valence-electron chi connectivity index (χ1n) is 8.48. The first-order chi connectivity index (χ1) is 12.7. The molecule has 7 heteroatoms. The summed E-state index contributed by atoms with van der Waals surface area (Å²) in [5, 5.41) is 4.02. The fourth-order valence-electron chi connectivity index (χ4n) is 2.96. The SMILES string of the molecule is CN(C(=O)CN1CC(c2nc(-c3cccnc3)no2)C1)c1ccccc1. The van der Waals surface area contributed by atoms with Gasteiger partial charge in [0.2, 0.25) is 17.6 Å². The van der Waals surface area contributed by atoms with Crippen LogP contribution in [0.25, 0.3) is 11.4 Å². The van der Waals surface area contributed by atoms with Crippen LogP contribution < -0.4 is 4.90 Å². The van der Waals surface area contributed by atoms with Gasteiger partial charge in [0, 0.05) is 43.8 Å². The average Bonchev–Trinajstić information content (AvgIpc) is 3.14. The van der Waals surface area contributed by atoms with E-state index in [9.17, 15) is 4.79 Å². The minimum atomic E-state index is 0.0660. The van der Waals surface area contributed by atoms with Crippen LogP contribution in [0.1, 0.15) is 11.8 Å². The van der Waals surface area contributed by atoms with E-state index < -0.39 is 0 Å². The molecular weight excluding hydrogens is 330 g/mol. The molecule has 3 heterocycles. The van der Waals surface area contributed by atoms with Gasteiger partial charge in [0.05, 0.1) is 12.5 Å². The quantitative estimate of drug-likeness (QED) is 0.703. The number of rotatable bonds is 5. The fraction of sp³-hybridized carbons (Fsp3) is 0.263. The number of hydrogen-bond donors (Lipinski definition) is 0. The molecule has 3 aromatic rings. The molecular formula is C19H19N5O2. The van der Waals surface area contributed by atoms with Gasteiger partial charge in [-0.1, -0.05) is 23.4 Å². The molecule has 1 fully saturated rings. The third-order valence-electron chi connectivity index (χ3n) is 4.54. The normalized spacial score (nSPS) is 14.8. The van der Waals surface area contributed by atoms with E-state index in [1.807, 2.05) is 42.5 Å². The Morgan fingerprint density at radius 1 is 1.23 bits per heavy atom. The highest BCUT2D eigenvalue weighted by molar-refractivity contribution is 5.94. The lowest BCUT2D eigenvalue weighted by Gasteiger charge is -2.37. The molecule has 1 aliphatic rings. The van der Waals surface area contributed by atoms with Gasteiger partial charge in [-0.3, -0.25) is 14.7 Å². The summed E-state index contributed by atoms with van der Waals surface area (Å²) in [6.07, 6.45) is 3.41. The first-order valence-corrected chi connectivity index (χ1v) is 8.48. The van der Waals surface area contributed by atoms with E-state index in [4.69, 9.17) is 4.52 Å². The standard InChI is InChI=1S/C19H19N5O2/c1-23(16-7-3-2-4-8-16)17(25)13-24-11-15(12-24)19-21-18(22-26-19)14-6-5-9-20-10-14/h2-10,15H,11-13H2,1H3. The number of amides is 1. The maximum Gasteiger partial charge on any atom is 0.240 e. The van der Waals surface area contributed by atoms with Crippen molar-refractivity contribution in [2.75, 3.05) is 31.6 Å². The zero-order chi connectivity index (χ0) is 17.9. The Morgan fingerprint density at radius 2 is 2.04 bits per heavy atom. The smallest absolute Gasteiger partial charge is 0.240 e. The summed E-state index contributed by atoms with van der Waals surface area (Å²) in [5.74, 6) is 1.40. The van der Waals surface area contributed by atoms with Crippen LogP contribution >= 0.6 is 0 Å². The number of carbonyl (C=O) groups excluding carboxylic acids is 1. The van der Waals surface area contributed by atoms with Gasteiger partial charge in [-0.2, -0.15) is 4.98 Å². The highest BCUT2D eigenvalue weighted by Crippen LogP contribution is 2.27. The molecule has 0 N–H and O–H groups in total. The van der Waals surface area contributed by atoms with Crippen molar-refractivity contribution in [3.8, 4) is 11.4 Å². The summed E-state index contributed by atoms with van der Waals surface area (Å²) in [7, 11) is 1.80. The molecule has 132 valence electrons. The molecule has 0 bridgehead atoms. The van der Waals surface area contributed by atoms with E-state index >= 15 is 0 Å². The van der Waals surface area contributed by atoms with Gasteiger partial charge in [-0.15, -0.1) is 0 Å². The van der Waals surface area contributed by atoms with E-state index in [-0.39, 0.29) is 11.8 Å². The van der Waals surface area contributed by atoms with E-state index in [0.717, 1.165) is 24.3 Å². The van der Waals surface area contributed by atoms with Crippen LogP contribution in [0.15, 0.2) is 59.4 Å². The molecule has 4 rings (SSSR count). The molecule has 1 saturated heterocycles. The number of likely N-dealkylation sites (N-methyl/N-ethyl adjacent to an activating group) is 1. The van der Waals surface area contributed by atoms with Gasteiger partial charge in [-0.25, -0.2) is 0 Å². The Bertz CT molecular complexity index is 875. The predicted octanol–water partition coefficient (Wildman–Crippen LogP) is 2.19.